The zero-order valence-corrected chi connectivity index (χ0v) is 18.2. The lowest BCUT2D eigenvalue weighted by atomic mass is 10.1. The molecule has 33 heavy (non-hydrogen) atoms. The monoisotopic (exact) mass is 442 g/mol. The molecule has 0 aliphatic carbocycles. The number of nitrogens with zero attached hydrogens (tertiary/aromatic N) is 1. The number of anilines is 1. The Morgan fingerprint density at radius 2 is 1.36 bits per heavy atom. The van der Waals surface area contributed by atoms with Crippen LogP contribution in [-0.2, 0) is 14.3 Å². The summed E-state index contributed by atoms with van der Waals surface area (Å²) in [6.07, 6.45) is -1.26. The highest BCUT2D eigenvalue weighted by Gasteiger charge is 2.37. The predicted molar refractivity (Wildman–Crippen MR) is 122 cm³/mol. The van der Waals surface area contributed by atoms with Crippen LogP contribution in [0.15, 0.2) is 72.8 Å². The van der Waals surface area contributed by atoms with Gasteiger partial charge < -0.3 is 10.1 Å². The second kappa shape index (κ2) is 9.08. The Bertz CT molecular complexity index is 1200. The van der Waals surface area contributed by atoms with Gasteiger partial charge in [-0.15, -0.1) is 0 Å². The number of hydrogen-bond acceptors (Lipinski definition) is 5. The van der Waals surface area contributed by atoms with Gasteiger partial charge in [0.25, 0.3) is 17.7 Å². The number of carbonyl (C=O) groups is 4. The maximum Gasteiger partial charge on any atom is 0.327 e. The normalized spacial score (nSPS) is 13.5. The van der Waals surface area contributed by atoms with Gasteiger partial charge in [-0.2, -0.15) is 0 Å². The molecule has 0 unspecified atom stereocenters. The van der Waals surface area contributed by atoms with Crippen LogP contribution >= 0.6 is 0 Å². The summed E-state index contributed by atoms with van der Waals surface area (Å²) in [7, 11) is 0. The van der Waals surface area contributed by atoms with Gasteiger partial charge in [0.1, 0.15) is 6.54 Å². The SMILES string of the molecule is Cc1cccc(C)c1NC(=O)[C@H](OC(=O)CN1C(=O)c2ccccc2C1=O)c1ccccc1. The maximum absolute atomic E-state index is 13.2. The number of esters is 1. The fourth-order valence-electron chi connectivity index (χ4n) is 3.78. The molecule has 1 aliphatic heterocycles. The van der Waals surface area contributed by atoms with Gasteiger partial charge >= 0.3 is 5.97 Å². The lowest BCUT2D eigenvalue weighted by molar-refractivity contribution is -0.154. The lowest BCUT2D eigenvalue weighted by Gasteiger charge is -2.21. The van der Waals surface area contributed by atoms with E-state index >= 15 is 0 Å². The molecule has 7 heteroatoms. The van der Waals surface area contributed by atoms with Crippen LogP contribution in [0.1, 0.15) is 43.5 Å². The molecule has 0 spiro atoms. The summed E-state index contributed by atoms with van der Waals surface area (Å²) in [5.41, 5.74) is 3.32. The van der Waals surface area contributed by atoms with Gasteiger partial charge in [0.05, 0.1) is 11.1 Å². The Balaban J connectivity index is 1.54. The molecule has 0 saturated carbocycles. The average molecular weight is 442 g/mol. The summed E-state index contributed by atoms with van der Waals surface area (Å²) in [5.74, 6) is -2.53. The minimum atomic E-state index is -1.26. The number of nitrogens with one attached hydrogen (secondary N) is 1. The van der Waals surface area contributed by atoms with Crippen LogP contribution in [0.25, 0.3) is 0 Å². The van der Waals surface area contributed by atoms with E-state index in [1.807, 2.05) is 32.0 Å². The predicted octanol–water partition coefficient (Wildman–Crippen LogP) is 3.82. The molecule has 0 fully saturated rings. The van der Waals surface area contributed by atoms with Gasteiger partial charge in [-0.1, -0.05) is 60.7 Å². The molecular weight excluding hydrogens is 420 g/mol. The third-order valence-electron chi connectivity index (χ3n) is 5.48. The van der Waals surface area contributed by atoms with E-state index in [2.05, 4.69) is 5.32 Å². The third-order valence-corrected chi connectivity index (χ3v) is 5.48. The van der Waals surface area contributed by atoms with E-state index in [4.69, 9.17) is 4.74 Å². The summed E-state index contributed by atoms with van der Waals surface area (Å²) in [4.78, 5) is 51.9. The molecule has 1 heterocycles. The Kier molecular flexibility index (Phi) is 6.04. The number of aryl methyl sites for hydroxylation is 2. The van der Waals surface area contributed by atoms with Crippen LogP contribution in [-0.4, -0.2) is 35.1 Å². The first-order chi connectivity index (χ1) is 15.9. The summed E-state index contributed by atoms with van der Waals surface area (Å²) in [5, 5.41) is 2.84. The van der Waals surface area contributed by atoms with Crippen molar-refractivity contribution in [3.05, 3.63) is 101 Å². The number of benzene rings is 3. The molecule has 4 rings (SSSR count). The third kappa shape index (κ3) is 4.39. The van der Waals surface area contributed by atoms with E-state index < -0.39 is 36.3 Å². The zero-order chi connectivity index (χ0) is 23.5. The first kappa shape index (κ1) is 22.0. The number of amides is 3. The van der Waals surface area contributed by atoms with Gasteiger partial charge in [0.2, 0.25) is 6.10 Å². The molecule has 1 atom stereocenters. The molecular formula is C26H22N2O5. The first-order valence-electron chi connectivity index (χ1n) is 10.4. The standard InChI is InChI=1S/C26H22N2O5/c1-16-9-8-10-17(2)22(16)27-24(30)23(18-11-4-3-5-12-18)33-21(29)15-28-25(31)19-13-6-7-14-20(19)26(28)32/h3-14,23H,15H2,1-2H3,(H,27,30)/t23-/m1/s1. The van der Waals surface area contributed by atoms with Crippen LogP contribution in [0.4, 0.5) is 5.69 Å². The number of carbonyl (C=O) groups excluding carboxylic acids is 4. The highest BCUT2D eigenvalue weighted by Crippen LogP contribution is 2.26. The van der Waals surface area contributed by atoms with Crippen LogP contribution < -0.4 is 5.32 Å². The molecule has 0 saturated heterocycles. The Hall–Kier alpha value is -4.26. The fourth-order valence-corrected chi connectivity index (χ4v) is 3.78. The molecule has 1 aliphatic rings. The van der Waals surface area contributed by atoms with Crippen LogP contribution in [0.5, 0.6) is 0 Å². The summed E-state index contributed by atoms with van der Waals surface area (Å²) in [6, 6.07) is 20.6. The summed E-state index contributed by atoms with van der Waals surface area (Å²) >= 11 is 0. The highest BCUT2D eigenvalue weighted by molar-refractivity contribution is 6.22. The van der Waals surface area contributed by atoms with Crippen molar-refractivity contribution in [2.45, 2.75) is 20.0 Å². The quantitative estimate of drug-likeness (QED) is 0.463. The van der Waals surface area contributed by atoms with E-state index in [1.54, 1.807) is 42.5 Å². The van der Waals surface area contributed by atoms with Crippen LogP contribution in [0, 0.1) is 13.8 Å². The fraction of sp³-hybridized carbons (Fsp3) is 0.154. The number of para-hydroxylation sites is 1. The number of hydrogen-bond donors (Lipinski definition) is 1. The second-order valence-electron chi connectivity index (χ2n) is 7.78. The maximum atomic E-state index is 13.2. The van der Waals surface area contributed by atoms with E-state index in [9.17, 15) is 19.2 Å². The van der Waals surface area contributed by atoms with E-state index in [1.165, 1.54) is 12.1 Å². The Labute approximate surface area is 191 Å². The first-order valence-corrected chi connectivity index (χ1v) is 10.4. The number of imide groups is 1. The smallest absolute Gasteiger partial charge is 0.327 e. The van der Waals surface area contributed by atoms with Crippen molar-refractivity contribution in [3.8, 4) is 0 Å². The minimum absolute atomic E-state index is 0.239. The molecule has 1 N–H and O–H groups in total. The molecule has 166 valence electrons. The lowest BCUT2D eigenvalue weighted by Crippen LogP contribution is -2.37. The Morgan fingerprint density at radius 3 is 1.94 bits per heavy atom. The van der Waals surface area contributed by atoms with Gasteiger partial charge in [0, 0.05) is 11.3 Å². The van der Waals surface area contributed by atoms with E-state index in [-0.39, 0.29) is 11.1 Å². The van der Waals surface area contributed by atoms with Gasteiger partial charge in [-0.25, -0.2) is 0 Å². The molecule has 7 nitrogen and oxygen atoms in total. The number of fused-ring (bicyclic) bond motifs is 1. The van der Waals surface area contributed by atoms with Crippen LogP contribution in [0.2, 0.25) is 0 Å². The van der Waals surface area contributed by atoms with Crippen molar-refractivity contribution in [2.75, 3.05) is 11.9 Å². The largest absolute Gasteiger partial charge is 0.446 e. The highest BCUT2D eigenvalue weighted by atomic mass is 16.5. The van der Waals surface area contributed by atoms with Crippen molar-refractivity contribution in [1.29, 1.82) is 0 Å². The van der Waals surface area contributed by atoms with E-state index in [0.29, 0.717) is 11.3 Å². The van der Waals surface area contributed by atoms with Crippen molar-refractivity contribution in [3.63, 3.8) is 0 Å². The summed E-state index contributed by atoms with van der Waals surface area (Å²) in [6.45, 7) is 3.15. The zero-order valence-electron chi connectivity index (χ0n) is 18.2. The topological polar surface area (TPSA) is 92.8 Å². The molecule has 0 bridgehead atoms. The number of ether oxygens (including phenoxy) is 1. The molecule has 0 radical (unpaired) electrons. The van der Waals surface area contributed by atoms with Gasteiger partial charge in [-0.3, -0.25) is 24.1 Å². The number of rotatable bonds is 6. The minimum Gasteiger partial charge on any atom is -0.446 e. The van der Waals surface area contributed by atoms with Crippen molar-refractivity contribution in [2.24, 2.45) is 0 Å². The molecule has 0 aromatic heterocycles. The van der Waals surface area contributed by atoms with Crippen LogP contribution in [0.3, 0.4) is 0 Å². The van der Waals surface area contributed by atoms with Crippen molar-refractivity contribution >= 4 is 29.4 Å². The van der Waals surface area contributed by atoms with Crippen molar-refractivity contribution < 1.29 is 23.9 Å². The van der Waals surface area contributed by atoms with Gasteiger partial charge in [0.15, 0.2) is 0 Å². The van der Waals surface area contributed by atoms with Crippen molar-refractivity contribution in [1.82, 2.24) is 4.90 Å². The Morgan fingerprint density at radius 1 is 0.818 bits per heavy atom. The van der Waals surface area contributed by atoms with E-state index in [0.717, 1.165) is 16.0 Å². The molecule has 3 aromatic rings. The molecule has 3 amide bonds. The summed E-state index contributed by atoms with van der Waals surface area (Å²) < 4.78 is 5.51. The molecule has 3 aromatic carbocycles. The second-order valence-corrected chi connectivity index (χ2v) is 7.78. The average Bonchev–Trinajstić information content (AvgIpc) is 3.05. The van der Waals surface area contributed by atoms with Gasteiger partial charge in [-0.05, 0) is 37.1 Å².